The number of thioether (sulfide) groups is 1. The van der Waals surface area contributed by atoms with Gasteiger partial charge in [0.05, 0.1) is 12.7 Å². The van der Waals surface area contributed by atoms with E-state index in [1.54, 1.807) is 11.8 Å². The Bertz CT molecular complexity index is 473. The van der Waals surface area contributed by atoms with Gasteiger partial charge in [0, 0.05) is 22.7 Å². The van der Waals surface area contributed by atoms with Crippen molar-refractivity contribution in [3.05, 3.63) is 23.8 Å². The second-order valence-electron chi connectivity index (χ2n) is 5.18. The van der Waals surface area contributed by atoms with Crippen LogP contribution in [-0.2, 0) is 4.74 Å². The highest BCUT2D eigenvalue weighted by molar-refractivity contribution is 7.99. The Morgan fingerprint density at radius 1 is 1.43 bits per heavy atom. The first-order valence-electron chi connectivity index (χ1n) is 7.63. The molecule has 3 N–H and O–H groups in total. The fourth-order valence-corrected chi connectivity index (χ4v) is 3.81. The first-order valence-corrected chi connectivity index (χ1v) is 9.02. The predicted octanol–water partition coefficient (Wildman–Crippen LogP) is 3.80. The van der Waals surface area contributed by atoms with Crippen LogP contribution in [-0.4, -0.2) is 30.0 Å². The molecule has 2 rings (SSSR count). The molecule has 1 fully saturated rings. The fourth-order valence-electron chi connectivity index (χ4n) is 2.67. The van der Waals surface area contributed by atoms with Crippen LogP contribution in [0.15, 0.2) is 23.1 Å². The molecule has 21 heavy (non-hydrogen) atoms. The molecule has 1 aliphatic rings. The molecule has 1 aromatic carbocycles. The zero-order chi connectivity index (χ0) is 15.1. The van der Waals surface area contributed by atoms with Gasteiger partial charge in [0.25, 0.3) is 0 Å². The molecule has 1 aliphatic carbocycles. The van der Waals surface area contributed by atoms with Gasteiger partial charge in [-0.2, -0.15) is 0 Å². The van der Waals surface area contributed by atoms with Crippen molar-refractivity contribution in [1.82, 2.24) is 0 Å². The number of thiocarbonyl (C=S) groups is 1. The molecule has 5 heteroatoms. The number of benzene rings is 1. The summed E-state index contributed by atoms with van der Waals surface area (Å²) < 4.78 is 5.87. The lowest BCUT2D eigenvalue weighted by Crippen LogP contribution is -2.18. The molecule has 1 saturated carbocycles. The Morgan fingerprint density at radius 3 is 2.86 bits per heavy atom. The molecule has 0 saturated heterocycles. The average Bonchev–Trinajstić information content (AvgIpc) is 2.97. The summed E-state index contributed by atoms with van der Waals surface area (Å²) in [5, 5.41) is 3.41. The lowest BCUT2D eigenvalue weighted by atomic mass is 10.1. The zero-order valence-electron chi connectivity index (χ0n) is 12.6. The summed E-state index contributed by atoms with van der Waals surface area (Å²) in [6.45, 7) is 3.64. The van der Waals surface area contributed by atoms with E-state index in [1.807, 2.05) is 12.1 Å². The van der Waals surface area contributed by atoms with Crippen LogP contribution >= 0.6 is 24.0 Å². The molecule has 0 amide bonds. The highest BCUT2D eigenvalue weighted by Gasteiger charge is 2.15. The van der Waals surface area contributed by atoms with Crippen molar-refractivity contribution in [1.29, 1.82) is 0 Å². The van der Waals surface area contributed by atoms with Crippen LogP contribution in [0.25, 0.3) is 0 Å². The number of hydrogen-bond acceptors (Lipinski definition) is 4. The van der Waals surface area contributed by atoms with Gasteiger partial charge in [0.2, 0.25) is 0 Å². The van der Waals surface area contributed by atoms with Crippen LogP contribution in [0.2, 0.25) is 0 Å². The smallest absolute Gasteiger partial charge is 0.107 e. The first kappa shape index (κ1) is 16.6. The van der Waals surface area contributed by atoms with Gasteiger partial charge in [0.15, 0.2) is 0 Å². The normalized spacial score (nSPS) is 15.3. The predicted molar refractivity (Wildman–Crippen MR) is 95.4 cm³/mol. The number of nitrogens with two attached hydrogens (primary N) is 1. The number of ether oxygens (including phenoxy) is 1. The molecule has 0 radical (unpaired) electrons. The van der Waals surface area contributed by atoms with Crippen molar-refractivity contribution in [2.45, 2.75) is 43.6 Å². The highest BCUT2D eigenvalue weighted by Crippen LogP contribution is 2.28. The van der Waals surface area contributed by atoms with Crippen LogP contribution in [0.1, 0.15) is 38.2 Å². The molecule has 0 unspecified atom stereocenters. The van der Waals surface area contributed by atoms with Gasteiger partial charge in [-0.15, -0.1) is 11.8 Å². The number of anilines is 1. The van der Waals surface area contributed by atoms with E-state index in [-0.39, 0.29) is 0 Å². The van der Waals surface area contributed by atoms with Gasteiger partial charge in [-0.3, -0.25) is 0 Å². The van der Waals surface area contributed by atoms with Gasteiger partial charge in [-0.1, -0.05) is 38.0 Å². The van der Waals surface area contributed by atoms with E-state index in [9.17, 15) is 0 Å². The number of hydrogen-bond donors (Lipinski definition) is 2. The molecule has 0 bridgehead atoms. The summed E-state index contributed by atoms with van der Waals surface area (Å²) in [7, 11) is 0. The summed E-state index contributed by atoms with van der Waals surface area (Å²) >= 11 is 6.98. The molecule has 0 spiro atoms. The van der Waals surface area contributed by atoms with E-state index in [4.69, 9.17) is 22.7 Å². The van der Waals surface area contributed by atoms with Gasteiger partial charge in [-0.05, 0) is 30.7 Å². The average molecular weight is 325 g/mol. The Balaban J connectivity index is 1.92. The zero-order valence-corrected chi connectivity index (χ0v) is 14.2. The Hall–Kier alpha value is -0.780. The van der Waals surface area contributed by atoms with Crippen LogP contribution in [0.4, 0.5) is 5.69 Å². The largest absolute Gasteiger partial charge is 0.389 e. The maximum Gasteiger partial charge on any atom is 0.107 e. The summed E-state index contributed by atoms with van der Waals surface area (Å²) in [5.74, 6) is 1.00. The minimum absolute atomic E-state index is 0.450. The molecular weight excluding hydrogens is 300 g/mol. The lowest BCUT2D eigenvalue weighted by molar-refractivity contribution is 0.0659. The van der Waals surface area contributed by atoms with Gasteiger partial charge in [-0.25, -0.2) is 0 Å². The second kappa shape index (κ2) is 8.61. The molecular formula is C16H24N2OS2. The SMILES string of the molecule is CCSc1cccc(NCCOC2CCCC2)c1C(N)=S. The third-order valence-corrected chi connectivity index (χ3v) is 4.79. The standard InChI is InChI=1S/C16H24N2OS2/c1-2-21-14-9-5-8-13(15(14)16(17)20)18-10-11-19-12-6-3-4-7-12/h5,8-9,12,18H,2-4,6-7,10-11H2,1H3,(H2,17,20). The summed E-state index contributed by atoms with van der Waals surface area (Å²) in [5.41, 5.74) is 7.86. The van der Waals surface area contributed by atoms with E-state index in [2.05, 4.69) is 18.3 Å². The van der Waals surface area contributed by atoms with Gasteiger partial charge >= 0.3 is 0 Å². The van der Waals surface area contributed by atoms with Crippen molar-refractivity contribution >= 4 is 34.7 Å². The van der Waals surface area contributed by atoms with Crippen LogP contribution in [0.5, 0.6) is 0 Å². The van der Waals surface area contributed by atoms with Crippen molar-refractivity contribution in [2.75, 3.05) is 24.2 Å². The Morgan fingerprint density at radius 2 is 2.19 bits per heavy atom. The Labute approximate surface area is 137 Å². The minimum atomic E-state index is 0.450. The fraction of sp³-hybridized carbons (Fsp3) is 0.562. The van der Waals surface area contributed by atoms with Crippen molar-refractivity contribution < 1.29 is 4.74 Å². The third kappa shape index (κ3) is 4.87. The van der Waals surface area contributed by atoms with Crippen LogP contribution in [0.3, 0.4) is 0 Å². The van der Waals surface area contributed by atoms with Crippen molar-refractivity contribution in [2.24, 2.45) is 5.73 Å². The molecule has 1 aromatic rings. The first-order chi connectivity index (χ1) is 10.2. The van der Waals surface area contributed by atoms with E-state index in [0.717, 1.165) is 35.1 Å². The third-order valence-electron chi connectivity index (χ3n) is 3.65. The van der Waals surface area contributed by atoms with E-state index < -0.39 is 0 Å². The number of rotatable bonds is 8. The topological polar surface area (TPSA) is 47.3 Å². The van der Waals surface area contributed by atoms with E-state index in [0.29, 0.717) is 11.1 Å². The monoisotopic (exact) mass is 324 g/mol. The molecule has 0 aromatic heterocycles. The minimum Gasteiger partial charge on any atom is -0.389 e. The second-order valence-corrected chi connectivity index (χ2v) is 6.93. The molecule has 0 atom stereocenters. The van der Waals surface area contributed by atoms with Crippen molar-refractivity contribution in [3.8, 4) is 0 Å². The van der Waals surface area contributed by atoms with Crippen LogP contribution in [0, 0.1) is 0 Å². The summed E-state index contributed by atoms with van der Waals surface area (Å²) in [6, 6.07) is 6.15. The van der Waals surface area contributed by atoms with Gasteiger partial charge < -0.3 is 15.8 Å². The molecule has 116 valence electrons. The van der Waals surface area contributed by atoms with E-state index in [1.165, 1.54) is 25.7 Å². The summed E-state index contributed by atoms with van der Waals surface area (Å²) in [6.07, 6.45) is 5.49. The maximum atomic E-state index is 5.90. The maximum absolute atomic E-state index is 5.90. The molecule has 3 nitrogen and oxygen atoms in total. The molecule has 0 aliphatic heterocycles. The Kier molecular flexibility index (Phi) is 6.80. The van der Waals surface area contributed by atoms with Crippen molar-refractivity contribution in [3.63, 3.8) is 0 Å². The number of nitrogens with one attached hydrogen (secondary N) is 1. The lowest BCUT2D eigenvalue weighted by Gasteiger charge is -2.16. The highest BCUT2D eigenvalue weighted by atomic mass is 32.2. The van der Waals surface area contributed by atoms with Gasteiger partial charge in [0.1, 0.15) is 4.99 Å². The molecule has 0 heterocycles. The summed E-state index contributed by atoms with van der Waals surface area (Å²) in [4.78, 5) is 1.59. The van der Waals surface area contributed by atoms with E-state index >= 15 is 0 Å². The quantitative estimate of drug-likeness (QED) is 0.433. The van der Waals surface area contributed by atoms with Crippen LogP contribution < -0.4 is 11.1 Å².